The van der Waals surface area contributed by atoms with Gasteiger partial charge in [0.25, 0.3) is 0 Å². The highest BCUT2D eigenvalue weighted by atomic mass is 127. The Morgan fingerprint density at radius 2 is 2.15 bits per heavy atom. The lowest BCUT2D eigenvalue weighted by Crippen LogP contribution is -2.52. The zero-order valence-electron chi connectivity index (χ0n) is 14.8. The summed E-state index contributed by atoms with van der Waals surface area (Å²) in [6.07, 6.45) is 4.21. The smallest absolute Gasteiger partial charge is 0.387 e. The van der Waals surface area contributed by atoms with Gasteiger partial charge in [-0.15, -0.1) is 0 Å². The van der Waals surface area contributed by atoms with Crippen LogP contribution in [0.2, 0.25) is 0 Å². The Morgan fingerprint density at radius 1 is 1.35 bits per heavy atom. The highest BCUT2D eigenvalue weighted by Gasteiger charge is 2.50. The first-order chi connectivity index (χ1) is 12.5. The van der Waals surface area contributed by atoms with Gasteiger partial charge >= 0.3 is 6.61 Å². The van der Waals surface area contributed by atoms with Gasteiger partial charge in [-0.1, -0.05) is 6.07 Å². The minimum atomic E-state index is -2.86. The summed E-state index contributed by atoms with van der Waals surface area (Å²) in [5.41, 5.74) is 4.56. The van der Waals surface area contributed by atoms with Crippen molar-refractivity contribution in [1.29, 1.82) is 0 Å². The first kappa shape index (κ1) is 20.4. The summed E-state index contributed by atoms with van der Waals surface area (Å²) in [6.45, 7) is -1.83. The van der Waals surface area contributed by atoms with Crippen LogP contribution in [0.15, 0.2) is 18.2 Å². The number of alkyl halides is 2. The third-order valence-corrected chi connectivity index (χ3v) is 6.64. The normalized spacial score (nSPS) is 29.0. The summed E-state index contributed by atoms with van der Waals surface area (Å²) in [5, 5.41) is 0. The maximum atomic E-state index is 12.6. The largest absolute Gasteiger partial charge is 0.493 e. The summed E-state index contributed by atoms with van der Waals surface area (Å²) in [5.74, 6) is 0.456. The van der Waals surface area contributed by atoms with Gasteiger partial charge < -0.3 is 14.4 Å². The minimum absolute atomic E-state index is 0.0288. The first-order valence-corrected chi connectivity index (χ1v) is 12.0. The van der Waals surface area contributed by atoms with Gasteiger partial charge in [0.2, 0.25) is 0 Å². The maximum Gasteiger partial charge on any atom is 0.387 e. The van der Waals surface area contributed by atoms with Crippen LogP contribution in [-0.4, -0.2) is 44.3 Å². The van der Waals surface area contributed by atoms with Gasteiger partial charge in [-0.2, -0.15) is 13.6 Å². The molecule has 26 heavy (non-hydrogen) atoms. The van der Waals surface area contributed by atoms with E-state index in [4.69, 9.17) is 4.74 Å². The molecule has 2 aliphatic rings. The van der Waals surface area contributed by atoms with Crippen molar-refractivity contribution >= 4 is 30.3 Å². The van der Waals surface area contributed by atoms with Crippen molar-refractivity contribution in [2.24, 2.45) is 0 Å². The second-order valence-electron chi connectivity index (χ2n) is 6.94. The van der Waals surface area contributed by atoms with Crippen molar-refractivity contribution < 1.29 is 18.3 Å². The molecule has 1 aliphatic heterocycles. The van der Waals surface area contributed by atoms with Crippen LogP contribution >= 0.6 is 30.3 Å². The summed E-state index contributed by atoms with van der Waals surface area (Å²) >= 11 is 2.20. The molecule has 0 aromatic heterocycles. The molecule has 3 rings (SSSR count). The van der Waals surface area contributed by atoms with Crippen LogP contribution in [0.1, 0.15) is 31.2 Å². The molecule has 2 fully saturated rings. The molecular weight excluding hydrogens is 475 g/mol. The Labute approximate surface area is 169 Å². The predicted molar refractivity (Wildman–Crippen MR) is 108 cm³/mol. The number of hydrazine groups is 1. The van der Waals surface area contributed by atoms with Crippen LogP contribution < -0.4 is 19.7 Å². The van der Waals surface area contributed by atoms with Crippen LogP contribution in [-0.2, 0) is 5.41 Å². The molecule has 9 heteroatoms. The number of hydrogen-bond acceptors (Lipinski definition) is 6. The lowest BCUT2D eigenvalue weighted by molar-refractivity contribution is -0.0512. The number of ether oxygens (including phenoxy) is 2. The molecule has 1 saturated carbocycles. The molecule has 146 valence electrons. The zero-order chi connectivity index (χ0) is 18.7. The number of nitrogens with one attached hydrogen (secondary N) is 2. The number of likely N-dealkylation sites (N-methyl/N-ethyl adjacent to an activating group) is 1. The van der Waals surface area contributed by atoms with E-state index in [0.717, 1.165) is 37.8 Å². The van der Waals surface area contributed by atoms with Crippen molar-refractivity contribution in [3.63, 3.8) is 0 Å². The number of likely N-dealkylation sites (tertiary alicyclic amines) is 1. The molecule has 0 spiro atoms. The second-order valence-corrected chi connectivity index (χ2v) is 8.62. The molecule has 0 bridgehead atoms. The summed E-state index contributed by atoms with van der Waals surface area (Å²) in [4.78, 5) is 5.55. The summed E-state index contributed by atoms with van der Waals surface area (Å²) in [6, 6.07) is 6.25. The first-order valence-electron chi connectivity index (χ1n) is 8.62. The lowest BCUT2D eigenvalue weighted by Gasteiger charge is -2.45. The highest BCUT2D eigenvalue weighted by Crippen LogP contribution is 2.49. The van der Waals surface area contributed by atoms with Crippen LogP contribution in [0, 0.1) is 0 Å². The Balaban J connectivity index is 1.87. The highest BCUT2D eigenvalue weighted by molar-refractivity contribution is 14.2. The molecule has 1 aromatic rings. The van der Waals surface area contributed by atoms with Gasteiger partial charge in [0.1, 0.15) is 0 Å². The van der Waals surface area contributed by atoms with Crippen molar-refractivity contribution in [3.05, 3.63) is 23.8 Å². The number of methoxy groups -OCH3 is 1. The second kappa shape index (κ2) is 8.76. The van der Waals surface area contributed by atoms with Crippen LogP contribution in [0.25, 0.3) is 0 Å². The average molecular weight is 499 g/mol. The van der Waals surface area contributed by atoms with E-state index in [1.807, 2.05) is 12.1 Å². The van der Waals surface area contributed by atoms with E-state index in [2.05, 4.69) is 48.1 Å². The molecule has 1 heterocycles. The van der Waals surface area contributed by atoms with E-state index in [1.165, 1.54) is 16.2 Å². The summed E-state index contributed by atoms with van der Waals surface area (Å²) in [7, 11) is 5.19. The fraction of sp³-hybridized carbons (Fsp3) is 0.647. The van der Waals surface area contributed by atoms with Gasteiger partial charge in [-0.05, 0) is 57.0 Å². The number of rotatable bonds is 7. The van der Waals surface area contributed by atoms with Gasteiger partial charge in [0, 0.05) is 47.8 Å². The molecule has 2 N–H and O–H groups in total. The fourth-order valence-electron chi connectivity index (χ4n) is 4.52. The monoisotopic (exact) mass is 499 g/mol. The molecule has 1 aliphatic carbocycles. The molecule has 1 saturated heterocycles. The number of nitrogens with zero attached hydrogens (tertiary/aromatic N) is 1. The molecule has 0 radical (unpaired) electrons. The Morgan fingerprint density at radius 3 is 2.85 bits per heavy atom. The fourth-order valence-corrected chi connectivity index (χ4v) is 5.12. The molecular formula is C17H24F2IN3O2S. The van der Waals surface area contributed by atoms with Crippen molar-refractivity contribution in [2.75, 3.05) is 20.7 Å². The van der Waals surface area contributed by atoms with Crippen molar-refractivity contribution in [1.82, 2.24) is 15.2 Å². The van der Waals surface area contributed by atoms with Crippen LogP contribution in [0.3, 0.4) is 0 Å². The van der Waals surface area contributed by atoms with Gasteiger partial charge in [0.05, 0.1) is 7.11 Å². The Kier molecular flexibility index (Phi) is 6.87. The number of hydrogen-bond donors (Lipinski definition) is 2. The van der Waals surface area contributed by atoms with Gasteiger partial charge in [0.15, 0.2) is 11.5 Å². The number of halogens is 3. The molecule has 5 nitrogen and oxygen atoms in total. The average Bonchev–Trinajstić information content (AvgIpc) is 2.97. The molecule has 0 amide bonds. The van der Waals surface area contributed by atoms with E-state index in [-0.39, 0.29) is 11.2 Å². The van der Waals surface area contributed by atoms with E-state index in [0.29, 0.717) is 17.8 Å². The van der Waals surface area contributed by atoms with Gasteiger partial charge in [-0.3, -0.25) is 0 Å². The zero-order valence-corrected chi connectivity index (χ0v) is 17.8. The SMILES string of the molecule is COc1cc([C@@]23CCC(NNSI)CC2N(C)CC3)ccc1OC(F)F. The maximum absolute atomic E-state index is 12.6. The van der Waals surface area contributed by atoms with E-state index >= 15 is 0 Å². The molecule has 3 atom stereocenters. The number of fused-ring (bicyclic) bond motifs is 1. The minimum Gasteiger partial charge on any atom is -0.493 e. The predicted octanol–water partition coefficient (Wildman–Crippen LogP) is 3.88. The van der Waals surface area contributed by atoms with Crippen LogP contribution in [0.5, 0.6) is 11.5 Å². The Bertz CT molecular complexity index is 628. The van der Waals surface area contributed by atoms with Crippen molar-refractivity contribution in [2.45, 2.75) is 49.8 Å². The third-order valence-electron chi connectivity index (χ3n) is 5.78. The quantitative estimate of drug-likeness (QED) is 0.338. The molecule has 2 unspecified atom stereocenters. The third kappa shape index (κ3) is 4.06. The van der Waals surface area contributed by atoms with E-state index in [1.54, 1.807) is 6.07 Å². The number of benzene rings is 1. The topological polar surface area (TPSA) is 45.8 Å². The standard InChI is InChI=1S/C17H24F2IN3O2S/c1-23-8-7-17(6-5-12(10-15(17)23)21-22-26-20)11-3-4-13(25-16(18)19)14(9-11)24-2/h3-4,9,12,15-16,21-22H,5-8,10H2,1-2H3/t12?,15?,17-/m0/s1. The van der Waals surface area contributed by atoms with E-state index < -0.39 is 6.61 Å². The van der Waals surface area contributed by atoms with Gasteiger partial charge in [-0.25, -0.2) is 5.43 Å². The Hall–Kier alpha value is -0.360. The lowest BCUT2D eigenvalue weighted by atomic mass is 9.65. The molecule has 1 aromatic carbocycles. The van der Waals surface area contributed by atoms with Crippen molar-refractivity contribution in [3.8, 4) is 11.5 Å². The summed E-state index contributed by atoms with van der Waals surface area (Å²) < 4.78 is 35.1. The van der Waals surface area contributed by atoms with E-state index in [9.17, 15) is 8.78 Å². The van der Waals surface area contributed by atoms with Crippen LogP contribution in [0.4, 0.5) is 8.78 Å².